The second-order valence-electron chi connectivity index (χ2n) is 11.4. The Morgan fingerprint density at radius 3 is 1.16 bits per heavy atom. The zero-order valence-corrected chi connectivity index (χ0v) is 35.0. The second kappa shape index (κ2) is 17.3. The van der Waals surface area contributed by atoms with Gasteiger partial charge in [-0.1, -0.05) is 24.3 Å². The maximum atomic E-state index is 12.4. The summed E-state index contributed by atoms with van der Waals surface area (Å²) in [6, 6.07) is 13.2. The molecule has 6 aromatic rings. The molecule has 2 heterocycles. The Balaban J connectivity index is 0.00000372. The summed E-state index contributed by atoms with van der Waals surface area (Å²) >= 11 is 0. The van der Waals surface area contributed by atoms with E-state index in [2.05, 4.69) is 30.4 Å². The molecule has 0 spiro atoms. The number of azo groups is 2. The maximum absolute atomic E-state index is 12.4. The smallest absolute Gasteiger partial charge is 0.504 e. The molecule has 0 aliphatic carbocycles. The summed E-state index contributed by atoms with van der Waals surface area (Å²) < 4.78 is 137. The van der Waals surface area contributed by atoms with Crippen LogP contribution in [0.3, 0.4) is 0 Å². The first-order valence-corrected chi connectivity index (χ1v) is 20.8. The third-order valence-electron chi connectivity index (χ3n) is 7.71. The van der Waals surface area contributed by atoms with Crippen LogP contribution in [-0.2, 0) is 57.5 Å². The summed E-state index contributed by atoms with van der Waals surface area (Å²) in [6.45, 7) is 0. The van der Waals surface area contributed by atoms with Crippen LogP contribution in [-0.4, -0.2) is 72.1 Å². The molecule has 20 nitrogen and oxygen atoms in total. The van der Waals surface area contributed by atoms with Gasteiger partial charge in [0.15, 0.2) is 11.5 Å². The quantitative estimate of drug-likeness (QED) is 0.0497. The Morgan fingerprint density at radius 2 is 0.828 bits per heavy atom. The first kappa shape index (κ1) is 46.1. The first-order valence-electron chi connectivity index (χ1n) is 15.0. The number of hydrogen-bond donors (Lipinski definition) is 6. The molecule has 0 aliphatic rings. The van der Waals surface area contributed by atoms with Gasteiger partial charge in [-0.25, -0.2) is 0 Å². The average Bonchev–Trinajstić information content (AvgIpc) is 3.12. The van der Waals surface area contributed by atoms with Crippen molar-refractivity contribution in [2.24, 2.45) is 20.5 Å². The third kappa shape index (κ3) is 9.98. The normalized spacial score (nSPS) is 12.7. The monoisotopic (exact) mass is 928 g/mol. The zero-order valence-electron chi connectivity index (χ0n) is 28.8. The van der Waals surface area contributed by atoms with Crippen LogP contribution < -0.4 is 29.6 Å². The van der Waals surface area contributed by atoms with E-state index >= 15 is 0 Å². The number of benzene rings is 4. The largest absolute Gasteiger partial charge is 2.00 e. The Hall–Kier alpha value is -4.60. The third-order valence-corrected chi connectivity index (χ3v) is 11.3. The van der Waals surface area contributed by atoms with Crippen LogP contribution in [0.5, 0.6) is 11.5 Å². The molecular formula is C32H22CuN6NaO14S4+3. The van der Waals surface area contributed by atoms with Crippen LogP contribution in [0.4, 0.5) is 22.7 Å². The predicted molar refractivity (Wildman–Crippen MR) is 196 cm³/mol. The van der Waals surface area contributed by atoms with E-state index < -0.39 is 82.9 Å². The topological polar surface area (TPSA) is 333 Å². The van der Waals surface area contributed by atoms with Gasteiger partial charge in [-0.2, -0.15) is 43.9 Å². The fourth-order valence-corrected chi connectivity index (χ4v) is 8.06. The molecule has 297 valence electrons. The summed E-state index contributed by atoms with van der Waals surface area (Å²) in [6.07, 6.45) is 4.60. The van der Waals surface area contributed by atoms with Crippen molar-refractivity contribution in [3.8, 4) is 11.5 Å². The molecule has 0 amide bonds. The van der Waals surface area contributed by atoms with Gasteiger partial charge in [0, 0.05) is 23.2 Å². The van der Waals surface area contributed by atoms with Gasteiger partial charge in [0.2, 0.25) is 0 Å². The predicted octanol–water partition coefficient (Wildman–Crippen LogP) is 3.18. The van der Waals surface area contributed by atoms with Gasteiger partial charge in [-0.15, -0.1) is 10.2 Å². The summed E-state index contributed by atoms with van der Waals surface area (Å²) in [5.74, 6) is -1.24. The Labute approximate surface area is 360 Å². The van der Waals surface area contributed by atoms with Crippen LogP contribution in [0.15, 0.2) is 125 Å². The average molecular weight is 929 g/mol. The molecule has 0 fully saturated rings. The van der Waals surface area contributed by atoms with Crippen molar-refractivity contribution in [1.29, 1.82) is 0 Å². The fourth-order valence-electron chi connectivity index (χ4n) is 5.24. The molecule has 26 heteroatoms. The van der Waals surface area contributed by atoms with E-state index in [1.807, 2.05) is 0 Å². The molecule has 58 heavy (non-hydrogen) atoms. The molecule has 6 N–H and O–H groups in total. The van der Waals surface area contributed by atoms with E-state index in [4.69, 9.17) is 0 Å². The molecule has 0 unspecified atom stereocenters. The van der Waals surface area contributed by atoms with Crippen LogP contribution in [0, 0.1) is 0 Å². The summed E-state index contributed by atoms with van der Waals surface area (Å²) in [5.41, 5.74) is -2.37. The van der Waals surface area contributed by atoms with Gasteiger partial charge in [0.25, 0.3) is 40.5 Å². The standard InChI is InChI=1S/C32H22N6O14S4.Cu.Na/c39-31-23(15-27(55(47,48)49)21-3-1-11-33-29(21)31)37-35-19-9-7-17(25(13-19)53(41,42)43)5-6-18-8-10-20(14-26(18)54(44,45)46)36-38-24-16-28(56(50,51)52)22-4-2-12-34-30(22)32(24)40;;/h1-16,39-40H,(H,41,42,43)(H,44,45,46)(H,47,48,49)(H,50,51,52);;/q;+2;+1/b6-5+,37-35?,38-36?;;. The number of hydrogen-bond acceptors (Lipinski definition) is 16. The van der Waals surface area contributed by atoms with Crippen LogP contribution in [0.2, 0.25) is 0 Å². The van der Waals surface area contributed by atoms with Gasteiger partial charge < -0.3 is 10.2 Å². The van der Waals surface area contributed by atoms with Crippen LogP contribution >= 0.6 is 0 Å². The van der Waals surface area contributed by atoms with E-state index in [1.54, 1.807) is 0 Å². The molecule has 0 saturated heterocycles. The SMILES string of the molecule is O=S(=O)(O)c1cc(N=Nc2cc(S(=O)(=O)O)c3cccnc3c2O)ccc1/C=C/c1ccc(N=Nc2cc(S(=O)(=O)O)c3cccnc3c2O)cc1S(=O)(=O)O.[Cu+2].[Na+]. The van der Waals surface area contributed by atoms with Gasteiger partial charge in [0.05, 0.1) is 11.4 Å². The summed E-state index contributed by atoms with van der Waals surface area (Å²) in [4.78, 5) is 4.97. The molecule has 0 bridgehead atoms. The minimum atomic E-state index is -5.01. The van der Waals surface area contributed by atoms with Gasteiger partial charge >= 0.3 is 46.6 Å². The van der Waals surface area contributed by atoms with Crippen molar-refractivity contribution in [2.75, 3.05) is 0 Å². The first-order chi connectivity index (χ1) is 26.1. The number of pyridine rings is 2. The number of fused-ring (bicyclic) bond motifs is 2. The van der Waals surface area contributed by atoms with E-state index in [-0.39, 0.29) is 90.9 Å². The van der Waals surface area contributed by atoms with E-state index in [9.17, 15) is 62.1 Å². The molecule has 6 rings (SSSR count). The maximum Gasteiger partial charge on any atom is 2.00 e. The van der Waals surface area contributed by atoms with Crippen LogP contribution in [0.1, 0.15) is 11.1 Å². The van der Waals surface area contributed by atoms with Crippen molar-refractivity contribution in [1.82, 2.24) is 9.97 Å². The van der Waals surface area contributed by atoms with Gasteiger partial charge in [-0.05, 0) is 71.8 Å². The van der Waals surface area contributed by atoms with Gasteiger partial charge in [0.1, 0.15) is 42.0 Å². The van der Waals surface area contributed by atoms with E-state index in [0.717, 1.165) is 48.6 Å². The number of phenolic OH excluding ortho intramolecular Hbond substituents is 2. The van der Waals surface area contributed by atoms with E-state index in [1.165, 1.54) is 48.8 Å². The van der Waals surface area contributed by atoms with E-state index in [0.29, 0.717) is 0 Å². The number of nitrogens with zero attached hydrogens (tertiary/aromatic N) is 6. The van der Waals surface area contributed by atoms with Crippen molar-refractivity contribution in [3.05, 3.63) is 96.3 Å². The molecule has 0 aliphatic heterocycles. The summed E-state index contributed by atoms with van der Waals surface area (Å²) in [7, 11) is -19.7. The molecule has 0 atom stereocenters. The number of phenols is 2. The second-order valence-corrected chi connectivity index (χ2v) is 16.9. The zero-order chi connectivity index (χ0) is 40.8. The fraction of sp³-hybridized carbons (Fsp3) is 0. The van der Waals surface area contributed by atoms with Crippen molar-refractivity contribution >= 4 is 97.2 Å². The number of aromatic hydroxyl groups is 2. The molecule has 4 aromatic carbocycles. The minimum absolute atomic E-state index is 0. The Kier molecular flexibility index (Phi) is 13.8. The molecule has 0 saturated carbocycles. The molecule has 1 radical (unpaired) electrons. The van der Waals surface area contributed by atoms with Gasteiger partial charge in [-0.3, -0.25) is 28.2 Å². The van der Waals surface area contributed by atoms with Crippen molar-refractivity contribution in [3.63, 3.8) is 0 Å². The number of aromatic nitrogens is 2. The molecule has 2 aromatic heterocycles. The summed E-state index contributed by atoms with van der Waals surface area (Å²) in [5, 5.41) is 36.1. The number of rotatable bonds is 10. The molecular weight excluding hydrogens is 907 g/mol. The Bertz CT molecular complexity index is 2970. The minimum Gasteiger partial charge on any atom is -0.504 e. The van der Waals surface area contributed by atoms with Crippen molar-refractivity contribution in [2.45, 2.75) is 19.6 Å². The van der Waals surface area contributed by atoms with Crippen molar-refractivity contribution < 1.29 is 109 Å². The van der Waals surface area contributed by atoms with Crippen LogP contribution in [0.25, 0.3) is 34.0 Å². The Morgan fingerprint density at radius 1 is 0.483 bits per heavy atom.